The number of ketones is 1. The minimum atomic E-state index is -0.310. The molecule has 2 N–H and O–H groups in total. The van der Waals surface area contributed by atoms with Crippen LogP contribution in [0.15, 0.2) is 91.1 Å². The number of aromatic nitrogens is 3. The van der Waals surface area contributed by atoms with Crippen molar-refractivity contribution >= 4 is 34.7 Å². The van der Waals surface area contributed by atoms with Crippen molar-refractivity contribution in [3.05, 3.63) is 113 Å². The fourth-order valence-electron chi connectivity index (χ4n) is 7.24. The molecule has 3 aromatic heterocycles. The molecule has 0 spiro atoms. The number of nitrogens with zero attached hydrogens (tertiary/aromatic N) is 4. The molecule has 2 aliphatic rings. The Labute approximate surface area is 292 Å². The van der Waals surface area contributed by atoms with Crippen LogP contribution in [0.5, 0.6) is 0 Å². The second-order valence-corrected chi connectivity index (χ2v) is 15.7. The predicted octanol–water partition coefficient (Wildman–Crippen LogP) is 8.91. The molecule has 0 aliphatic carbocycles. The lowest BCUT2D eigenvalue weighted by molar-refractivity contribution is 0.0748. The first-order valence-corrected chi connectivity index (χ1v) is 18.1. The standard InChI is InChI=1S/C40H44N6O2S/c1-26-8-14-30(15-9-26)46-38(24-37(44-46)40(2,3)4)43-39(48)42-29-12-10-27(11-13-29)21-28-22-31-16-17-32(23-28)45(31)25-34(47)36-19-18-35(49-36)33-7-5-6-20-41-33/h5-15,18-20,24,28,31-32H,16-17,21-23,25H2,1-4H3,(H2,42,43,48). The number of carbonyl (C=O) groups is 2. The SMILES string of the molecule is Cc1ccc(-n2nc(C(C)(C)C)cc2NC(=O)Nc2ccc(CC3CC4CCC(C3)N4CC(=O)c3ccc(-c4ccccn4)s3)cc2)cc1. The van der Waals surface area contributed by atoms with Gasteiger partial charge in [0.1, 0.15) is 5.82 Å². The lowest BCUT2D eigenvalue weighted by atomic mass is 9.85. The number of nitrogens with one attached hydrogen (secondary N) is 2. The van der Waals surface area contributed by atoms with Crippen molar-refractivity contribution < 1.29 is 9.59 Å². The van der Waals surface area contributed by atoms with E-state index in [-0.39, 0.29) is 17.2 Å². The number of carbonyl (C=O) groups excluding carboxylic acids is 2. The van der Waals surface area contributed by atoms with Crippen LogP contribution in [-0.4, -0.2) is 50.1 Å². The first-order chi connectivity index (χ1) is 23.6. The summed E-state index contributed by atoms with van der Waals surface area (Å²) in [5.74, 6) is 1.42. The molecule has 9 heteroatoms. The minimum Gasteiger partial charge on any atom is -0.308 e. The predicted molar refractivity (Wildman–Crippen MR) is 198 cm³/mol. The zero-order chi connectivity index (χ0) is 34.1. The summed E-state index contributed by atoms with van der Waals surface area (Å²) >= 11 is 1.54. The summed E-state index contributed by atoms with van der Waals surface area (Å²) in [5, 5.41) is 10.8. The molecule has 8 nitrogen and oxygen atoms in total. The van der Waals surface area contributed by atoms with Gasteiger partial charge in [-0.2, -0.15) is 5.10 Å². The Hall–Kier alpha value is -4.60. The van der Waals surface area contributed by atoms with Gasteiger partial charge in [0.2, 0.25) is 0 Å². The zero-order valence-electron chi connectivity index (χ0n) is 28.6. The largest absolute Gasteiger partial charge is 0.324 e. The van der Waals surface area contributed by atoms with Gasteiger partial charge in [0.25, 0.3) is 0 Å². The second kappa shape index (κ2) is 13.7. The van der Waals surface area contributed by atoms with Gasteiger partial charge in [-0.25, -0.2) is 9.48 Å². The first-order valence-electron chi connectivity index (χ1n) is 17.2. The van der Waals surface area contributed by atoms with E-state index >= 15 is 0 Å². The quantitative estimate of drug-likeness (QED) is 0.153. The van der Waals surface area contributed by atoms with Crippen LogP contribution in [0, 0.1) is 12.8 Å². The Morgan fingerprint density at radius 1 is 0.898 bits per heavy atom. The summed E-state index contributed by atoms with van der Waals surface area (Å²) in [6.07, 6.45) is 7.34. The van der Waals surface area contributed by atoms with E-state index in [1.807, 2.05) is 72.8 Å². The number of amides is 2. The van der Waals surface area contributed by atoms with Crippen LogP contribution in [0.3, 0.4) is 0 Å². The molecule has 2 bridgehead atoms. The Morgan fingerprint density at radius 3 is 2.31 bits per heavy atom. The lowest BCUT2D eigenvalue weighted by Gasteiger charge is -2.38. The number of anilines is 2. The van der Waals surface area contributed by atoms with Crippen LogP contribution in [-0.2, 0) is 11.8 Å². The topological polar surface area (TPSA) is 92.2 Å². The van der Waals surface area contributed by atoms with E-state index in [4.69, 9.17) is 5.10 Å². The van der Waals surface area contributed by atoms with E-state index in [0.29, 0.717) is 30.4 Å². The molecule has 5 aromatic rings. The van der Waals surface area contributed by atoms with Crippen LogP contribution < -0.4 is 10.6 Å². The van der Waals surface area contributed by atoms with Gasteiger partial charge in [-0.1, -0.05) is 56.7 Å². The molecule has 2 aromatic carbocycles. The smallest absolute Gasteiger partial charge is 0.308 e. The molecule has 2 saturated heterocycles. The highest BCUT2D eigenvalue weighted by Gasteiger charge is 2.41. The van der Waals surface area contributed by atoms with Gasteiger partial charge in [0.15, 0.2) is 5.78 Å². The summed E-state index contributed by atoms with van der Waals surface area (Å²) in [4.78, 5) is 35.2. The number of Topliss-reactive ketones (excluding diaryl/α,β-unsaturated/α-hetero) is 1. The van der Waals surface area contributed by atoms with Gasteiger partial charge in [-0.15, -0.1) is 11.3 Å². The van der Waals surface area contributed by atoms with E-state index < -0.39 is 0 Å². The lowest BCUT2D eigenvalue weighted by Crippen LogP contribution is -2.45. The minimum absolute atomic E-state index is 0.165. The molecule has 2 aliphatic heterocycles. The molecule has 0 saturated carbocycles. The summed E-state index contributed by atoms with van der Waals surface area (Å²) < 4.78 is 1.79. The number of hydrogen-bond donors (Lipinski definition) is 2. The maximum atomic E-state index is 13.3. The summed E-state index contributed by atoms with van der Waals surface area (Å²) in [5.41, 5.74) is 5.72. The number of thiophene rings is 1. The molecule has 0 radical (unpaired) electrons. The molecule has 2 unspecified atom stereocenters. The average molecular weight is 673 g/mol. The molecular formula is C40H44N6O2S. The Kier molecular flexibility index (Phi) is 9.22. The maximum absolute atomic E-state index is 13.3. The molecule has 252 valence electrons. The highest BCUT2D eigenvalue weighted by molar-refractivity contribution is 7.17. The van der Waals surface area contributed by atoms with Crippen molar-refractivity contribution in [3.63, 3.8) is 0 Å². The molecule has 2 fully saturated rings. The second-order valence-electron chi connectivity index (χ2n) is 14.6. The van der Waals surface area contributed by atoms with E-state index in [9.17, 15) is 9.59 Å². The van der Waals surface area contributed by atoms with Gasteiger partial charge < -0.3 is 5.32 Å². The summed E-state index contributed by atoms with van der Waals surface area (Å²) in [6, 6.07) is 28.7. The maximum Gasteiger partial charge on any atom is 0.324 e. The molecule has 5 heterocycles. The number of pyridine rings is 1. The number of rotatable bonds is 9. The van der Waals surface area contributed by atoms with Crippen LogP contribution >= 0.6 is 11.3 Å². The third kappa shape index (κ3) is 7.53. The van der Waals surface area contributed by atoms with Crippen LogP contribution in [0.25, 0.3) is 16.3 Å². The van der Waals surface area contributed by atoms with E-state index in [1.54, 1.807) is 22.2 Å². The fourth-order valence-corrected chi connectivity index (χ4v) is 8.16. The third-order valence-corrected chi connectivity index (χ3v) is 11.0. The number of urea groups is 1. The number of fused-ring (bicyclic) bond motifs is 2. The molecule has 7 rings (SSSR count). The van der Waals surface area contributed by atoms with Gasteiger partial charge >= 0.3 is 6.03 Å². The fraction of sp³-hybridized carbons (Fsp3) is 0.350. The van der Waals surface area contributed by atoms with Crippen molar-refractivity contribution in [2.24, 2.45) is 5.92 Å². The Bertz CT molecular complexity index is 1910. The van der Waals surface area contributed by atoms with E-state index in [0.717, 1.165) is 70.2 Å². The van der Waals surface area contributed by atoms with Gasteiger partial charge in [-0.05, 0) is 99.0 Å². The van der Waals surface area contributed by atoms with Crippen LogP contribution in [0.1, 0.15) is 72.9 Å². The molecule has 2 atom stereocenters. The van der Waals surface area contributed by atoms with Crippen molar-refractivity contribution in [2.75, 3.05) is 17.2 Å². The first kappa shape index (κ1) is 32.9. The molecular weight excluding hydrogens is 629 g/mol. The van der Waals surface area contributed by atoms with Gasteiger partial charge in [0, 0.05) is 35.4 Å². The number of aryl methyl sites for hydroxylation is 1. The summed E-state index contributed by atoms with van der Waals surface area (Å²) in [7, 11) is 0. The third-order valence-electron chi connectivity index (χ3n) is 9.84. The Balaban J connectivity index is 0.933. The monoisotopic (exact) mass is 672 g/mol. The van der Waals surface area contributed by atoms with E-state index in [1.165, 1.54) is 5.56 Å². The van der Waals surface area contributed by atoms with Crippen molar-refractivity contribution in [2.45, 2.75) is 77.3 Å². The molecule has 49 heavy (non-hydrogen) atoms. The highest BCUT2D eigenvalue weighted by Crippen LogP contribution is 2.40. The normalized spacial score (nSPS) is 19.1. The number of piperidine rings is 1. The summed E-state index contributed by atoms with van der Waals surface area (Å²) in [6.45, 7) is 8.88. The number of hydrogen-bond acceptors (Lipinski definition) is 6. The van der Waals surface area contributed by atoms with Crippen LogP contribution in [0.2, 0.25) is 0 Å². The van der Waals surface area contributed by atoms with Crippen LogP contribution in [0.4, 0.5) is 16.3 Å². The van der Waals surface area contributed by atoms with E-state index in [2.05, 4.69) is 60.3 Å². The van der Waals surface area contributed by atoms with Crippen molar-refractivity contribution in [3.8, 4) is 16.3 Å². The Morgan fingerprint density at radius 2 is 1.63 bits per heavy atom. The average Bonchev–Trinajstić information content (AvgIpc) is 3.80. The van der Waals surface area contributed by atoms with Gasteiger partial charge in [0.05, 0.1) is 33.4 Å². The number of benzene rings is 2. The molecule has 2 amide bonds. The van der Waals surface area contributed by atoms with Gasteiger partial charge in [-0.3, -0.25) is 20.0 Å². The van der Waals surface area contributed by atoms with Crippen molar-refractivity contribution in [1.82, 2.24) is 19.7 Å². The zero-order valence-corrected chi connectivity index (χ0v) is 29.5. The van der Waals surface area contributed by atoms with Crippen molar-refractivity contribution in [1.29, 1.82) is 0 Å². The highest BCUT2D eigenvalue weighted by atomic mass is 32.1.